The predicted octanol–water partition coefficient (Wildman–Crippen LogP) is 2.78. The molecule has 2 rings (SSSR count). The molecular formula is C14H25Cl2N3OS. The van der Waals surface area contributed by atoms with Crippen molar-refractivity contribution in [2.75, 3.05) is 13.1 Å². The lowest BCUT2D eigenvalue weighted by Gasteiger charge is -2.30. The fourth-order valence-electron chi connectivity index (χ4n) is 2.24. The molecule has 21 heavy (non-hydrogen) atoms. The summed E-state index contributed by atoms with van der Waals surface area (Å²) in [5.41, 5.74) is 6.85. The number of carbonyl (C=O) groups is 1. The SMILES string of the molecule is CC(C)(C)c1nc(CC(=O)N2CCCC(N)C2)cs1.Cl.Cl. The summed E-state index contributed by atoms with van der Waals surface area (Å²) in [6.07, 6.45) is 2.44. The largest absolute Gasteiger partial charge is 0.341 e. The van der Waals surface area contributed by atoms with Crippen LogP contribution in [-0.2, 0) is 16.6 Å². The minimum Gasteiger partial charge on any atom is -0.341 e. The molecule has 1 aromatic heterocycles. The van der Waals surface area contributed by atoms with Crippen molar-refractivity contribution in [3.05, 3.63) is 16.1 Å². The molecule has 1 saturated heterocycles. The van der Waals surface area contributed by atoms with Crippen LogP contribution in [0.15, 0.2) is 5.38 Å². The van der Waals surface area contributed by atoms with Crippen LogP contribution in [0.2, 0.25) is 0 Å². The third-order valence-corrected chi connectivity index (χ3v) is 4.65. The van der Waals surface area contributed by atoms with Crippen molar-refractivity contribution < 1.29 is 4.79 Å². The van der Waals surface area contributed by atoms with E-state index < -0.39 is 0 Å². The molecule has 122 valence electrons. The molecule has 0 bridgehead atoms. The van der Waals surface area contributed by atoms with Gasteiger partial charge in [-0.15, -0.1) is 36.2 Å². The molecule has 0 radical (unpaired) electrons. The minimum absolute atomic E-state index is 0. The Morgan fingerprint density at radius 3 is 2.67 bits per heavy atom. The Balaban J connectivity index is 0.00000200. The van der Waals surface area contributed by atoms with Gasteiger partial charge in [0, 0.05) is 29.9 Å². The molecule has 1 amide bonds. The maximum absolute atomic E-state index is 12.2. The molecule has 2 heterocycles. The van der Waals surface area contributed by atoms with Gasteiger partial charge in [0.05, 0.1) is 17.1 Å². The summed E-state index contributed by atoms with van der Waals surface area (Å²) in [6, 6.07) is 0.137. The highest BCUT2D eigenvalue weighted by atomic mass is 35.5. The van der Waals surface area contributed by atoms with Crippen LogP contribution < -0.4 is 5.73 Å². The first-order valence-electron chi connectivity index (χ1n) is 6.84. The summed E-state index contributed by atoms with van der Waals surface area (Å²) in [4.78, 5) is 18.7. The van der Waals surface area contributed by atoms with Crippen molar-refractivity contribution in [3.63, 3.8) is 0 Å². The highest BCUT2D eigenvalue weighted by Crippen LogP contribution is 2.25. The highest BCUT2D eigenvalue weighted by Gasteiger charge is 2.23. The number of nitrogens with zero attached hydrogens (tertiary/aromatic N) is 2. The van der Waals surface area contributed by atoms with E-state index in [1.807, 2.05) is 10.3 Å². The lowest BCUT2D eigenvalue weighted by atomic mass is 9.98. The van der Waals surface area contributed by atoms with Crippen molar-refractivity contribution in [1.29, 1.82) is 0 Å². The smallest absolute Gasteiger partial charge is 0.228 e. The molecule has 1 unspecified atom stereocenters. The Bertz CT molecular complexity index is 459. The highest BCUT2D eigenvalue weighted by molar-refractivity contribution is 7.09. The summed E-state index contributed by atoms with van der Waals surface area (Å²) < 4.78 is 0. The van der Waals surface area contributed by atoms with Gasteiger partial charge < -0.3 is 10.6 Å². The number of piperidine rings is 1. The Morgan fingerprint density at radius 2 is 2.14 bits per heavy atom. The fourth-order valence-corrected chi connectivity index (χ4v) is 3.14. The molecule has 7 heteroatoms. The monoisotopic (exact) mass is 353 g/mol. The van der Waals surface area contributed by atoms with E-state index in [1.165, 1.54) is 0 Å². The van der Waals surface area contributed by atoms with Gasteiger partial charge >= 0.3 is 0 Å². The number of hydrogen-bond acceptors (Lipinski definition) is 4. The molecule has 0 spiro atoms. The summed E-state index contributed by atoms with van der Waals surface area (Å²) in [7, 11) is 0. The molecule has 1 aromatic rings. The molecule has 1 aliphatic heterocycles. The van der Waals surface area contributed by atoms with Crippen molar-refractivity contribution in [2.45, 2.75) is 51.5 Å². The molecule has 0 aromatic carbocycles. The number of rotatable bonds is 2. The lowest BCUT2D eigenvalue weighted by molar-refractivity contribution is -0.131. The third kappa shape index (κ3) is 5.74. The molecule has 2 N–H and O–H groups in total. The average Bonchev–Trinajstić information content (AvgIpc) is 2.77. The van der Waals surface area contributed by atoms with Crippen LogP contribution in [0.25, 0.3) is 0 Å². The number of carbonyl (C=O) groups excluding carboxylic acids is 1. The zero-order chi connectivity index (χ0) is 14.0. The number of thiazole rings is 1. The van der Waals surface area contributed by atoms with E-state index in [2.05, 4.69) is 25.8 Å². The van der Waals surface area contributed by atoms with E-state index in [0.29, 0.717) is 13.0 Å². The van der Waals surface area contributed by atoms with Crippen LogP contribution in [0.1, 0.15) is 44.3 Å². The van der Waals surface area contributed by atoms with E-state index in [0.717, 1.165) is 30.1 Å². The van der Waals surface area contributed by atoms with Crippen LogP contribution in [-0.4, -0.2) is 34.9 Å². The van der Waals surface area contributed by atoms with E-state index in [-0.39, 0.29) is 42.2 Å². The molecule has 1 aliphatic rings. The fraction of sp³-hybridized carbons (Fsp3) is 0.714. The minimum atomic E-state index is 0. The van der Waals surface area contributed by atoms with Crippen molar-refractivity contribution in [1.82, 2.24) is 9.88 Å². The van der Waals surface area contributed by atoms with Crippen LogP contribution in [0.4, 0.5) is 0 Å². The predicted molar refractivity (Wildman–Crippen MR) is 92.8 cm³/mol. The summed E-state index contributed by atoms with van der Waals surface area (Å²) in [5.74, 6) is 0.154. The Morgan fingerprint density at radius 1 is 1.48 bits per heavy atom. The van der Waals surface area contributed by atoms with Crippen molar-refractivity contribution >= 4 is 42.1 Å². The second-order valence-electron chi connectivity index (χ2n) is 6.31. The number of likely N-dealkylation sites (tertiary alicyclic amines) is 1. The number of nitrogens with two attached hydrogens (primary N) is 1. The number of hydrogen-bond donors (Lipinski definition) is 1. The maximum atomic E-state index is 12.2. The van der Waals surface area contributed by atoms with Gasteiger partial charge in [0.1, 0.15) is 0 Å². The van der Waals surface area contributed by atoms with Gasteiger partial charge in [-0.05, 0) is 12.8 Å². The van der Waals surface area contributed by atoms with Crippen LogP contribution in [0, 0.1) is 0 Å². The Labute approximate surface area is 143 Å². The normalized spacial score (nSPS) is 18.7. The zero-order valence-corrected chi connectivity index (χ0v) is 15.2. The van der Waals surface area contributed by atoms with Crippen molar-refractivity contribution in [3.8, 4) is 0 Å². The summed E-state index contributed by atoms with van der Waals surface area (Å²) in [6.45, 7) is 7.95. The lowest BCUT2D eigenvalue weighted by Crippen LogP contribution is -2.46. The van der Waals surface area contributed by atoms with Gasteiger partial charge in [0.25, 0.3) is 0 Å². The molecule has 1 fully saturated rings. The van der Waals surface area contributed by atoms with Gasteiger partial charge in [0.2, 0.25) is 5.91 Å². The molecule has 1 atom stereocenters. The summed E-state index contributed by atoms with van der Waals surface area (Å²) in [5, 5.41) is 3.09. The number of amides is 1. The molecule has 0 aliphatic carbocycles. The topological polar surface area (TPSA) is 59.2 Å². The Hall–Kier alpha value is -0.360. The zero-order valence-electron chi connectivity index (χ0n) is 12.8. The van der Waals surface area contributed by atoms with Gasteiger partial charge in [-0.3, -0.25) is 4.79 Å². The maximum Gasteiger partial charge on any atom is 0.228 e. The van der Waals surface area contributed by atoms with E-state index in [9.17, 15) is 4.79 Å². The molecule has 0 saturated carbocycles. The molecular weight excluding hydrogens is 329 g/mol. The van der Waals surface area contributed by atoms with Crippen molar-refractivity contribution in [2.24, 2.45) is 5.73 Å². The quantitative estimate of drug-likeness (QED) is 0.888. The first-order chi connectivity index (χ1) is 8.86. The number of aromatic nitrogens is 1. The van der Waals surface area contributed by atoms with Gasteiger partial charge in [0.15, 0.2) is 0 Å². The number of halogens is 2. The third-order valence-electron chi connectivity index (χ3n) is 3.34. The summed E-state index contributed by atoms with van der Waals surface area (Å²) >= 11 is 1.64. The van der Waals surface area contributed by atoms with Gasteiger partial charge in [-0.1, -0.05) is 20.8 Å². The van der Waals surface area contributed by atoms with Gasteiger partial charge in [-0.25, -0.2) is 4.98 Å². The second-order valence-corrected chi connectivity index (χ2v) is 7.17. The van der Waals surface area contributed by atoms with Crippen LogP contribution in [0.5, 0.6) is 0 Å². The van der Waals surface area contributed by atoms with E-state index in [1.54, 1.807) is 11.3 Å². The van der Waals surface area contributed by atoms with E-state index >= 15 is 0 Å². The standard InChI is InChI=1S/C14H23N3OS.2ClH/c1-14(2,3)13-16-11(9-19-13)7-12(18)17-6-4-5-10(15)8-17;;/h9-10H,4-8,15H2,1-3H3;2*1H. The van der Waals surface area contributed by atoms with E-state index in [4.69, 9.17) is 5.73 Å². The van der Waals surface area contributed by atoms with Gasteiger partial charge in [-0.2, -0.15) is 0 Å². The second kappa shape index (κ2) is 8.32. The van der Waals surface area contributed by atoms with Crippen LogP contribution in [0.3, 0.4) is 0 Å². The first kappa shape index (κ1) is 20.6. The molecule has 4 nitrogen and oxygen atoms in total. The average molecular weight is 354 g/mol. The first-order valence-corrected chi connectivity index (χ1v) is 7.72. The Kier molecular flexibility index (Phi) is 8.18. The van der Waals surface area contributed by atoms with Crippen LogP contribution >= 0.6 is 36.2 Å².